The van der Waals surface area contributed by atoms with Gasteiger partial charge in [0.1, 0.15) is 23.9 Å². The van der Waals surface area contributed by atoms with Crippen molar-refractivity contribution in [3.8, 4) is 23.0 Å². The summed E-state index contributed by atoms with van der Waals surface area (Å²) in [6.07, 6.45) is 0. The predicted molar refractivity (Wildman–Crippen MR) is 125 cm³/mol. The van der Waals surface area contributed by atoms with Crippen molar-refractivity contribution in [3.63, 3.8) is 0 Å². The van der Waals surface area contributed by atoms with Gasteiger partial charge in [0, 0.05) is 10.9 Å². The third kappa shape index (κ3) is 5.65. The van der Waals surface area contributed by atoms with Crippen molar-refractivity contribution in [2.24, 2.45) is 0 Å². The molecule has 1 N–H and O–H groups in total. The van der Waals surface area contributed by atoms with Crippen LogP contribution >= 0.6 is 11.3 Å². The molecule has 0 unspecified atom stereocenters. The molecule has 0 atom stereocenters. The maximum atomic E-state index is 12.9. The topological polar surface area (TPSA) is 69.7 Å². The number of nitrogens with one attached hydrogen (secondary N) is 1. The molecule has 6 nitrogen and oxygen atoms in total. The first-order valence-electron chi connectivity index (χ1n) is 10.1. The van der Waals surface area contributed by atoms with E-state index in [0.29, 0.717) is 41.7 Å². The maximum absolute atomic E-state index is 12.9. The van der Waals surface area contributed by atoms with E-state index in [-0.39, 0.29) is 5.91 Å². The van der Waals surface area contributed by atoms with Crippen molar-refractivity contribution in [2.75, 3.05) is 11.9 Å². The fourth-order valence-electron chi connectivity index (χ4n) is 2.94. The first-order valence-corrected chi connectivity index (χ1v) is 11.1. The van der Waals surface area contributed by atoms with Gasteiger partial charge in [0.2, 0.25) is 0 Å². The minimum Gasteiger partial charge on any atom is -0.494 e. The van der Waals surface area contributed by atoms with Crippen LogP contribution in [0.15, 0.2) is 83.7 Å². The van der Waals surface area contributed by atoms with E-state index in [0.717, 1.165) is 11.4 Å². The number of hydrogen-bond donors (Lipinski definition) is 1. The van der Waals surface area contributed by atoms with Gasteiger partial charge in [0.15, 0.2) is 5.75 Å². The van der Waals surface area contributed by atoms with E-state index in [9.17, 15) is 4.79 Å². The highest BCUT2D eigenvalue weighted by Crippen LogP contribution is 2.30. The molecule has 0 radical (unpaired) electrons. The van der Waals surface area contributed by atoms with Gasteiger partial charge in [-0.15, -0.1) is 11.3 Å². The Bertz CT molecular complexity index is 1160. The highest BCUT2D eigenvalue weighted by molar-refractivity contribution is 7.07. The fourth-order valence-corrected chi connectivity index (χ4v) is 3.49. The molecule has 0 saturated carbocycles. The summed E-state index contributed by atoms with van der Waals surface area (Å²) in [7, 11) is 0. The number of carbonyl (C=O) groups is 1. The Hall–Kier alpha value is -3.84. The number of para-hydroxylation sites is 2. The summed E-state index contributed by atoms with van der Waals surface area (Å²) in [5.74, 6) is 2.31. The monoisotopic (exact) mass is 446 g/mol. The maximum Gasteiger partial charge on any atom is 0.255 e. The lowest BCUT2D eigenvalue weighted by Crippen LogP contribution is -2.12. The Morgan fingerprint density at radius 3 is 2.53 bits per heavy atom. The molecule has 7 heteroatoms. The summed E-state index contributed by atoms with van der Waals surface area (Å²) in [4.78, 5) is 17.1. The highest BCUT2D eigenvalue weighted by atomic mass is 32.1. The largest absolute Gasteiger partial charge is 0.494 e. The van der Waals surface area contributed by atoms with Crippen LogP contribution in [0.4, 0.5) is 5.69 Å². The van der Waals surface area contributed by atoms with Gasteiger partial charge in [-0.25, -0.2) is 4.98 Å². The summed E-state index contributed by atoms with van der Waals surface area (Å²) in [6.45, 7) is 2.89. The number of amides is 1. The summed E-state index contributed by atoms with van der Waals surface area (Å²) < 4.78 is 17.2. The molecule has 0 aliphatic rings. The molecule has 3 aromatic carbocycles. The lowest BCUT2D eigenvalue weighted by Gasteiger charge is -2.13. The molecule has 0 bridgehead atoms. The van der Waals surface area contributed by atoms with Gasteiger partial charge in [-0.2, -0.15) is 0 Å². The third-order valence-electron chi connectivity index (χ3n) is 4.46. The molecule has 1 aromatic heterocycles. The highest BCUT2D eigenvalue weighted by Gasteiger charge is 2.12. The molecule has 1 heterocycles. The second kappa shape index (κ2) is 10.5. The van der Waals surface area contributed by atoms with Crippen molar-refractivity contribution < 1.29 is 19.0 Å². The molecule has 1 amide bonds. The van der Waals surface area contributed by atoms with Crippen LogP contribution in [-0.2, 0) is 6.61 Å². The molecule has 4 aromatic rings. The lowest BCUT2D eigenvalue weighted by atomic mass is 10.2. The van der Waals surface area contributed by atoms with Crippen LogP contribution in [0.2, 0.25) is 0 Å². The van der Waals surface area contributed by atoms with E-state index in [1.165, 1.54) is 11.3 Å². The van der Waals surface area contributed by atoms with E-state index in [1.54, 1.807) is 35.8 Å². The zero-order valence-corrected chi connectivity index (χ0v) is 18.3. The van der Waals surface area contributed by atoms with Crippen molar-refractivity contribution in [2.45, 2.75) is 13.5 Å². The van der Waals surface area contributed by atoms with Crippen LogP contribution in [0.3, 0.4) is 0 Å². The molecule has 0 aliphatic heterocycles. The van der Waals surface area contributed by atoms with E-state index < -0.39 is 0 Å². The first kappa shape index (κ1) is 21.4. The van der Waals surface area contributed by atoms with Crippen molar-refractivity contribution >= 4 is 22.9 Å². The molecule has 0 spiro atoms. The number of hydrogen-bond acceptors (Lipinski definition) is 6. The number of nitrogens with zero attached hydrogens (tertiary/aromatic N) is 1. The summed E-state index contributed by atoms with van der Waals surface area (Å²) >= 11 is 1.52. The van der Waals surface area contributed by atoms with Gasteiger partial charge >= 0.3 is 0 Å². The van der Waals surface area contributed by atoms with Gasteiger partial charge in [-0.05, 0) is 61.5 Å². The van der Waals surface area contributed by atoms with Gasteiger partial charge in [0.25, 0.3) is 5.91 Å². The SMILES string of the molecule is CCOc1ccc(Oc2ccccc2NC(=O)c2cccc(OCc3cscn3)c2)cc1. The number of carbonyl (C=O) groups excluding carboxylic acids is 1. The van der Waals surface area contributed by atoms with Gasteiger partial charge in [0.05, 0.1) is 23.5 Å². The molecular formula is C25H22N2O4S. The number of benzene rings is 3. The number of ether oxygens (including phenoxy) is 3. The van der Waals surface area contributed by atoms with Crippen LogP contribution in [0.1, 0.15) is 23.0 Å². The van der Waals surface area contributed by atoms with Crippen molar-refractivity contribution in [3.05, 3.63) is 94.9 Å². The minimum absolute atomic E-state index is 0.258. The Morgan fingerprint density at radius 2 is 1.75 bits per heavy atom. The van der Waals surface area contributed by atoms with E-state index in [2.05, 4.69) is 10.3 Å². The van der Waals surface area contributed by atoms with E-state index in [1.807, 2.05) is 54.8 Å². The molecule has 32 heavy (non-hydrogen) atoms. The lowest BCUT2D eigenvalue weighted by molar-refractivity contribution is 0.102. The third-order valence-corrected chi connectivity index (χ3v) is 5.10. The average molecular weight is 447 g/mol. The van der Waals surface area contributed by atoms with Crippen LogP contribution < -0.4 is 19.5 Å². The fraction of sp³-hybridized carbons (Fsp3) is 0.120. The number of rotatable bonds is 9. The summed E-state index contributed by atoms with van der Waals surface area (Å²) in [5, 5.41) is 4.85. The standard InChI is InChI=1S/C25H22N2O4S/c1-2-29-20-10-12-21(13-11-20)31-24-9-4-3-8-23(24)27-25(28)18-6-5-7-22(14-18)30-15-19-16-32-17-26-19/h3-14,16-17H,2,15H2,1H3,(H,27,28). The number of aromatic nitrogens is 1. The van der Waals surface area contributed by atoms with Gasteiger partial charge < -0.3 is 19.5 Å². The minimum atomic E-state index is -0.258. The van der Waals surface area contributed by atoms with Gasteiger partial charge in [-0.3, -0.25) is 4.79 Å². The van der Waals surface area contributed by atoms with Crippen molar-refractivity contribution in [1.82, 2.24) is 4.98 Å². The normalized spacial score (nSPS) is 10.4. The quantitative estimate of drug-likeness (QED) is 0.333. The molecular weight excluding hydrogens is 424 g/mol. The molecule has 0 fully saturated rings. The smallest absolute Gasteiger partial charge is 0.255 e. The second-order valence-electron chi connectivity index (χ2n) is 6.75. The first-order chi connectivity index (χ1) is 15.7. The zero-order chi connectivity index (χ0) is 22.2. The average Bonchev–Trinajstić information content (AvgIpc) is 3.34. The molecule has 4 rings (SSSR count). The Morgan fingerprint density at radius 1 is 0.938 bits per heavy atom. The Labute approximate surface area is 190 Å². The summed E-state index contributed by atoms with van der Waals surface area (Å²) in [6, 6.07) is 21.7. The van der Waals surface area contributed by atoms with E-state index >= 15 is 0 Å². The number of thiazole rings is 1. The zero-order valence-electron chi connectivity index (χ0n) is 17.5. The number of anilines is 1. The van der Waals surface area contributed by atoms with Crippen LogP contribution in [0.25, 0.3) is 0 Å². The van der Waals surface area contributed by atoms with Crippen LogP contribution in [0.5, 0.6) is 23.0 Å². The summed E-state index contributed by atoms with van der Waals surface area (Å²) in [5.41, 5.74) is 3.66. The van der Waals surface area contributed by atoms with Crippen LogP contribution in [0, 0.1) is 0 Å². The van der Waals surface area contributed by atoms with Crippen LogP contribution in [-0.4, -0.2) is 17.5 Å². The van der Waals surface area contributed by atoms with E-state index in [4.69, 9.17) is 14.2 Å². The van der Waals surface area contributed by atoms with Crippen molar-refractivity contribution in [1.29, 1.82) is 0 Å². The predicted octanol–water partition coefficient (Wildman–Crippen LogP) is 6.17. The molecule has 0 saturated heterocycles. The molecule has 0 aliphatic carbocycles. The Balaban J connectivity index is 1.44. The van der Waals surface area contributed by atoms with Gasteiger partial charge in [-0.1, -0.05) is 18.2 Å². The molecule has 162 valence electrons. The second-order valence-corrected chi connectivity index (χ2v) is 7.47. The Kier molecular flexibility index (Phi) is 6.99.